The van der Waals surface area contributed by atoms with Crippen molar-refractivity contribution < 1.29 is 4.79 Å². The molecule has 2 aromatic heterocycles. The highest BCUT2D eigenvalue weighted by molar-refractivity contribution is 7.99. The molecular formula is C19H27N3O2S2. The average molecular weight is 394 g/mol. The molecule has 1 N–H and O–H groups in total. The highest BCUT2D eigenvalue weighted by atomic mass is 32.2. The number of hydrogen-bond donors (Lipinski definition) is 1. The number of carbonyl (C=O) groups is 1. The minimum absolute atomic E-state index is 0.0203. The van der Waals surface area contributed by atoms with Gasteiger partial charge in [0.15, 0.2) is 5.16 Å². The molecule has 0 saturated carbocycles. The second-order valence-electron chi connectivity index (χ2n) is 7.11. The van der Waals surface area contributed by atoms with Crippen LogP contribution < -0.4 is 10.9 Å². The molecule has 0 spiro atoms. The van der Waals surface area contributed by atoms with Gasteiger partial charge in [-0.2, -0.15) is 0 Å². The Kier molecular flexibility index (Phi) is 6.40. The van der Waals surface area contributed by atoms with Crippen molar-refractivity contribution in [3.8, 4) is 0 Å². The van der Waals surface area contributed by atoms with Gasteiger partial charge in [-0.05, 0) is 45.1 Å². The van der Waals surface area contributed by atoms with Gasteiger partial charge in [-0.3, -0.25) is 14.2 Å². The van der Waals surface area contributed by atoms with E-state index in [1.807, 2.05) is 13.8 Å². The zero-order valence-corrected chi connectivity index (χ0v) is 17.4. The van der Waals surface area contributed by atoms with Crippen molar-refractivity contribution in [1.29, 1.82) is 0 Å². The highest BCUT2D eigenvalue weighted by Crippen LogP contribution is 2.35. The Morgan fingerprint density at radius 2 is 2.15 bits per heavy atom. The number of carbonyl (C=O) groups excluding carboxylic acids is 1. The first-order valence-corrected chi connectivity index (χ1v) is 11.3. The topological polar surface area (TPSA) is 64.0 Å². The molecule has 7 heteroatoms. The smallest absolute Gasteiger partial charge is 0.263 e. The lowest BCUT2D eigenvalue weighted by molar-refractivity contribution is -0.119. The van der Waals surface area contributed by atoms with E-state index < -0.39 is 0 Å². The molecule has 0 aromatic carbocycles. The lowest BCUT2D eigenvalue weighted by atomic mass is 10.2. The number of hydrogen-bond acceptors (Lipinski definition) is 5. The Morgan fingerprint density at radius 3 is 2.88 bits per heavy atom. The van der Waals surface area contributed by atoms with Gasteiger partial charge >= 0.3 is 0 Å². The van der Waals surface area contributed by atoms with Crippen LogP contribution in [0.5, 0.6) is 0 Å². The van der Waals surface area contributed by atoms with Crippen molar-refractivity contribution in [3.63, 3.8) is 0 Å². The van der Waals surface area contributed by atoms with Crippen LogP contribution in [0.1, 0.15) is 56.9 Å². The van der Waals surface area contributed by atoms with E-state index in [-0.39, 0.29) is 23.3 Å². The number of amides is 1. The number of thiophene rings is 1. The molecule has 0 atom stereocenters. The number of unbranched alkanes of at least 4 members (excludes halogenated alkanes) is 2. The quantitative estimate of drug-likeness (QED) is 0.421. The number of fused-ring (bicyclic) bond motifs is 3. The maximum atomic E-state index is 13.2. The van der Waals surface area contributed by atoms with Crippen LogP contribution in [-0.4, -0.2) is 27.3 Å². The molecule has 3 rings (SSSR count). The monoisotopic (exact) mass is 393 g/mol. The van der Waals surface area contributed by atoms with Crippen molar-refractivity contribution in [3.05, 3.63) is 20.8 Å². The molecule has 0 fully saturated rings. The normalized spacial score (nSPS) is 13.5. The molecule has 1 aliphatic carbocycles. The summed E-state index contributed by atoms with van der Waals surface area (Å²) in [5.74, 6) is 0.266. The van der Waals surface area contributed by atoms with Gasteiger partial charge in [-0.1, -0.05) is 31.5 Å². The third kappa shape index (κ3) is 4.14. The first kappa shape index (κ1) is 19.4. The van der Waals surface area contributed by atoms with E-state index in [2.05, 4.69) is 12.2 Å². The molecule has 0 unspecified atom stereocenters. The fourth-order valence-corrected chi connectivity index (χ4v) is 5.52. The zero-order valence-electron chi connectivity index (χ0n) is 15.8. The maximum Gasteiger partial charge on any atom is 0.263 e. The van der Waals surface area contributed by atoms with Gasteiger partial charge in [0.1, 0.15) is 4.83 Å². The molecule has 0 aliphatic heterocycles. The predicted octanol–water partition coefficient (Wildman–Crippen LogP) is 3.75. The van der Waals surface area contributed by atoms with E-state index in [1.54, 1.807) is 15.9 Å². The summed E-state index contributed by atoms with van der Waals surface area (Å²) in [6, 6.07) is 0.116. The van der Waals surface area contributed by atoms with Crippen molar-refractivity contribution in [2.75, 3.05) is 5.75 Å². The fourth-order valence-electron chi connectivity index (χ4n) is 3.38. The molecule has 0 saturated heterocycles. The van der Waals surface area contributed by atoms with E-state index in [1.165, 1.54) is 22.2 Å². The van der Waals surface area contributed by atoms with Crippen LogP contribution in [-0.2, 0) is 24.2 Å². The van der Waals surface area contributed by atoms with Crippen LogP contribution in [0, 0.1) is 0 Å². The summed E-state index contributed by atoms with van der Waals surface area (Å²) in [5.41, 5.74) is 1.30. The standard InChI is InChI=1S/C19H27N3O2S2/c1-4-5-6-10-22-18(24)16-13-8-7-9-14(13)26-17(16)21-19(22)25-11-15(23)20-12(2)3/h12H,4-11H2,1-3H3,(H,20,23). The number of aromatic nitrogens is 2. The molecule has 1 aliphatic rings. The van der Waals surface area contributed by atoms with E-state index in [4.69, 9.17) is 4.98 Å². The third-order valence-corrected chi connectivity index (χ3v) is 6.72. The van der Waals surface area contributed by atoms with Crippen LogP contribution in [0.15, 0.2) is 9.95 Å². The molecule has 142 valence electrons. The summed E-state index contributed by atoms with van der Waals surface area (Å²) in [4.78, 5) is 32.2. The van der Waals surface area contributed by atoms with Crippen molar-refractivity contribution in [1.82, 2.24) is 14.9 Å². The van der Waals surface area contributed by atoms with E-state index in [0.29, 0.717) is 11.7 Å². The van der Waals surface area contributed by atoms with Crippen LogP contribution in [0.3, 0.4) is 0 Å². The van der Waals surface area contributed by atoms with Gasteiger partial charge in [0.25, 0.3) is 5.56 Å². The number of nitrogens with one attached hydrogen (secondary N) is 1. The summed E-state index contributed by atoms with van der Waals surface area (Å²) in [7, 11) is 0. The van der Waals surface area contributed by atoms with Crippen LogP contribution in [0.4, 0.5) is 0 Å². The molecule has 0 bridgehead atoms. The molecule has 0 radical (unpaired) electrons. The van der Waals surface area contributed by atoms with E-state index >= 15 is 0 Å². The number of thioether (sulfide) groups is 1. The van der Waals surface area contributed by atoms with Crippen molar-refractivity contribution >= 4 is 39.2 Å². The second kappa shape index (κ2) is 8.57. The predicted molar refractivity (Wildman–Crippen MR) is 109 cm³/mol. The summed E-state index contributed by atoms with van der Waals surface area (Å²) in [6.45, 7) is 6.72. The maximum absolute atomic E-state index is 13.2. The molecular weight excluding hydrogens is 366 g/mol. The van der Waals surface area contributed by atoms with Gasteiger partial charge in [-0.25, -0.2) is 4.98 Å². The molecule has 5 nitrogen and oxygen atoms in total. The summed E-state index contributed by atoms with van der Waals surface area (Å²) < 4.78 is 1.80. The zero-order chi connectivity index (χ0) is 18.7. The largest absolute Gasteiger partial charge is 0.353 e. The van der Waals surface area contributed by atoms with Gasteiger partial charge in [-0.15, -0.1) is 11.3 Å². The molecule has 2 aromatic rings. The molecule has 1 amide bonds. The first-order chi connectivity index (χ1) is 12.5. The van der Waals surface area contributed by atoms with Crippen molar-refractivity contribution in [2.45, 2.75) is 77.0 Å². The first-order valence-electron chi connectivity index (χ1n) is 9.48. The summed E-state index contributed by atoms with van der Waals surface area (Å²) in [5, 5.41) is 4.40. The van der Waals surface area contributed by atoms with Crippen LogP contribution in [0.25, 0.3) is 10.2 Å². The van der Waals surface area contributed by atoms with Crippen LogP contribution in [0.2, 0.25) is 0 Å². The lowest BCUT2D eigenvalue weighted by Gasteiger charge is -2.13. The molecule has 2 heterocycles. The number of nitrogens with zero attached hydrogens (tertiary/aromatic N) is 2. The Hall–Kier alpha value is -1.34. The van der Waals surface area contributed by atoms with Crippen LogP contribution >= 0.6 is 23.1 Å². The van der Waals surface area contributed by atoms with Gasteiger partial charge in [0.2, 0.25) is 5.91 Å². The number of rotatable bonds is 8. The summed E-state index contributed by atoms with van der Waals surface area (Å²) in [6.07, 6.45) is 6.34. The Morgan fingerprint density at radius 1 is 1.35 bits per heavy atom. The van der Waals surface area contributed by atoms with Gasteiger partial charge in [0, 0.05) is 17.5 Å². The SMILES string of the molecule is CCCCCn1c(SCC(=O)NC(C)C)nc2sc3c(c2c1=O)CCC3. The highest BCUT2D eigenvalue weighted by Gasteiger charge is 2.23. The van der Waals surface area contributed by atoms with Gasteiger partial charge < -0.3 is 5.32 Å². The lowest BCUT2D eigenvalue weighted by Crippen LogP contribution is -2.32. The fraction of sp³-hybridized carbons (Fsp3) is 0.632. The van der Waals surface area contributed by atoms with E-state index in [0.717, 1.165) is 48.7 Å². The number of aryl methyl sites for hydroxylation is 2. The minimum Gasteiger partial charge on any atom is -0.353 e. The van der Waals surface area contributed by atoms with Gasteiger partial charge in [0.05, 0.1) is 11.1 Å². The average Bonchev–Trinajstić information content (AvgIpc) is 3.15. The minimum atomic E-state index is -0.0203. The molecule has 26 heavy (non-hydrogen) atoms. The summed E-state index contributed by atoms with van der Waals surface area (Å²) >= 11 is 3.03. The third-order valence-electron chi connectivity index (χ3n) is 4.56. The van der Waals surface area contributed by atoms with Crippen molar-refractivity contribution in [2.24, 2.45) is 0 Å². The van der Waals surface area contributed by atoms with E-state index in [9.17, 15) is 9.59 Å². The Bertz CT molecular complexity index is 855. The Balaban J connectivity index is 1.93. The second-order valence-corrected chi connectivity index (χ2v) is 9.13. The Labute approximate surface area is 162 Å².